The molecule has 1 aliphatic rings. The molecule has 0 aromatic heterocycles. The van der Waals surface area contributed by atoms with E-state index >= 15 is 0 Å². The lowest BCUT2D eigenvalue weighted by Crippen LogP contribution is -2.40. The molecule has 1 heterocycles. The Morgan fingerprint density at radius 3 is 1.93 bits per heavy atom. The number of halogens is 2. The van der Waals surface area contributed by atoms with Crippen molar-refractivity contribution in [3.05, 3.63) is 69.7 Å². The Kier molecular flexibility index (Phi) is 5.00. The topological polar surface area (TPSA) is 46.6 Å². The summed E-state index contributed by atoms with van der Waals surface area (Å²) in [5.74, 6) is -0.0997. The average Bonchev–Trinajstić information content (AvgIpc) is 2.69. The number of hydrogen-bond donors (Lipinski definition) is 0. The fraction of sp³-hybridized carbons (Fsp3) is 0.182. The van der Waals surface area contributed by atoms with Crippen LogP contribution in [-0.2, 0) is 0 Å². The van der Waals surface area contributed by atoms with E-state index in [9.17, 15) is 9.59 Å². The molecule has 0 saturated carbocycles. The Morgan fingerprint density at radius 2 is 1.39 bits per heavy atom. The maximum Gasteiger partial charge on any atom is 0.265 e. The van der Waals surface area contributed by atoms with Crippen LogP contribution in [0.25, 0.3) is 10.8 Å². The molecule has 0 unspecified atom stereocenters. The average molecular weight is 414 g/mol. The second-order valence-electron chi connectivity index (χ2n) is 6.58. The van der Waals surface area contributed by atoms with Gasteiger partial charge in [0.15, 0.2) is 0 Å². The molecule has 4 rings (SSSR count). The van der Waals surface area contributed by atoms with Gasteiger partial charge in [0.2, 0.25) is 0 Å². The number of unbranched alkanes of at least 4 members (excludes halogenated alkanes) is 1. The Labute approximate surface area is 172 Å². The summed E-state index contributed by atoms with van der Waals surface area (Å²) in [7, 11) is 0. The van der Waals surface area contributed by atoms with E-state index in [0.717, 1.165) is 12.8 Å². The van der Waals surface area contributed by atoms with Crippen LogP contribution in [0.2, 0.25) is 10.0 Å². The minimum Gasteiger partial charge on any atom is -0.494 e. The molecular formula is C22H17Cl2NO3. The second kappa shape index (κ2) is 7.46. The van der Waals surface area contributed by atoms with E-state index in [2.05, 4.69) is 6.92 Å². The van der Waals surface area contributed by atoms with Crippen molar-refractivity contribution in [1.82, 2.24) is 0 Å². The lowest BCUT2D eigenvalue weighted by atomic mass is 9.93. The molecule has 0 saturated heterocycles. The normalized spacial score (nSPS) is 13.3. The summed E-state index contributed by atoms with van der Waals surface area (Å²) in [5.41, 5.74) is 1.29. The van der Waals surface area contributed by atoms with Crippen molar-refractivity contribution >= 4 is 51.5 Å². The van der Waals surface area contributed by atoms with Gasteiger partial charge >= 0.3 is 0 Å². The Bertz CT molecular complexity index is 1040. The third-order valence-corrected chi connectivity index (χ3v) is 5.42. The number of benzene rings is 3. The van der Waals surface area contributed by atoms with Crippen molar-refractivity contribution in [1.29, 1.82) is 0 Å². The lowest BCUT2D eigenvalue weighted by molar-refractivity contribution is 0.0893. The van der Waals surface area contributed by atoms with Crippen LogP contribution in [0, 0.1) is 0 Å². The summed E-state index contributed by atoms with van der Waals surface area (Å²) < 4.78 is 5.65. The quantitative estimate of drug-likeness (QED) is 0.373. The van der Waals surface area contributed by atoms with Crippen LogP contribution < -0.4 is 9.64 Å². The highest BCUT2D eigenvalue weighted by Gasteiger charge is 2.35. The number of carbonyl (C=O) groups is 2. The summed E-state index contributed by atoms with van der Waals surface area (Å²) in [6, 6.07) is 13.5. The first-order chi connectivity index (χ1) is 13.5. The van der Waals surface area contributed by atoms with E-state index in [1.54, 1.807) is 48.5 Å². The highest BCUT2D eigenvalue weighted by atomic mass is 35.5. The van der Waals surface area contributed by atoms with E-state index in [0.29, 0.717) is 50.0 Å². The molecule has 2 amide bonds. The number of ether oxygens (including phenoxy) is 1. The van der Waals surface area contributed by atoms with Gasteiger partial charge in [-0.05, 0) is 55.0 Å². The van der Waals surface area contributed by atoms with Crippen molar-refractivity contribution in [3.63, 3.8) is 0 Å². The second-order valence-corrected chi connectivity index (χ2v) is 7.40. The van der Waals surface area contributed by atoms with Crippen LogP contribution in [0.5, 0.6) is 5.75 Å². The van der Waals surface area contributed by atoms with Gasteiger partial charge < -0.3 is 4.74 Å². The molecule has 0 aliphatic carbocycles. The van der Waals surface area contributed by atoms with Crippen molar-refractivity contribution in [3.8, 4) is 5.75 Å². The molecule has 0 radical (unpaired) electrons. The van der Waals surface area contributed by atoms with E-state index in [4.69, 9.17) is 27.9 Å². The first-order valence-electron chi connectivity index (χ1n) is 9.05. The Balaban J connectivity index is 1.75. The van der Waals surface area contributed by atoms with Crippen molar-refractivity contribution in [2.45, 2.75) is 19.8 Å². The van der Waals surface area contributed by atoms with E-state index in [1.807, 2.05) is 0 Å². The minimum atomic E-state index is -0.402. The highest BCUT2D eigenvalue weighted by molar-refractivity contribution is 6.46. The van der Waals surface area contributed by atoms with Crippen LogP contribution >= 0.6 is 23.2 Å². The summed E-state index contributed by atoms with van der Waals surface area (Å²) in [6.07, 6.45) is 2.02. The number of carbonyl (C=O) groups excluding carboxylic acids is 2. The lowest BCUT2D eigenvalue weighted by Gasteiger charge is -2.27. The van der Waals surface area contributed by atoms with Gasteiger partial charge in [-0.15, -0.1) is 0 Å². The first-order valence-corrected chi connectivity index (χ1v) is 9.81. The van der Waals surface area contributed by atoms with Gasteiger partial charge in [0.1, 0.15) is 5.75 Å². The zero-order chi connectivity index (χ0) is 19.8. The molecule has 3 aromatic rings. The highest BCUT2D eigenvalue weighted by Crippen LogP contribution is 2.39. The molecule has 0 spiro atoms. The van der Waals surface area contributed by atoms with Crippen molar-refractivity contribution < 1.29 is 14.3 Å². The van der Waals surface area contributed by atoms with Crippen LogP contribution in [0.1, 0.15) is 40.5 Å². The fourth-order valence-electron chi connectivity index (χ4n) is 3.36. The number of anilines is 1. The zero-order valence-corrected chi connectivity index (χ0v) is 16.7. The maximum absolute atomic E-state index is 13.1. The Morgan fingerprint density at radius 1 is 0.821 bits per heavy atom. The summed E-state index contributed by atoms with van der Waals surface area (Å²) in [4.78, 5) is 27.4. The predicted octanol–water partition coefficient (Wildman–Crippen LogP) is 6.13. The number of hydrogen-bond acceptors (Lipinski definition) is 3. The SMILES string of the molecule is CCCCOc1ccc(N2C(=O)c3ccc(Cl)c4c(Cl)ccc(c34)C2=O)cc1. The van der Waals surface area contributed by atoms with Gasteiger partial charge in [-0.3, -0.25) is 9.59 Å². The number of rotatable bonds is 5. The van der Waals surface area contributed by atoms with Gasteiger partial charge in [-0.2, -0.15) is 0 Å². The molecule has 28 heavy (non-hydrogen) atoms. The smallest absolute Gasteiger partial charge is 0.265 e. The largest absolute Gasteiger partial charge is 0.494 e. The van der Waals surface area contributed by atoms with Crippen molar-refractivity contribution in [2.24, 2.45) is 0 Å². The van der Waals surface area contributed by atoms with E-state index in [1.165, 1.54) is 4.90 Å². The third kappa shape index (κ3) is 3.03. The van der Waals surface area contributed by atoms with Crippen LogP contribution in [-0.4, -0.2) is 18.4 Å². The van der Waals surface area contributed by atoms with Crippen LogP contribution in [0.15, 0.2) is 48.5 Å². The summed E-state index contributed by atoms with van der Waals surface area (Å²) >= 11 is 12.5. The summed E-state index contributed by atoms with van der Waals surface area (Å²) in [5, 5.41) is 1.85. The molecule has 0 fully saturated rings. The third-order valence-electron chi connectivity index (χ3n) is 4.79. The molecule has 0 atom stereocenters. The Hall–Kier alpha value is -2.56. The molecule has 142 valence electrons. The van der Waals surface area contributed by atoms with E-state index in [-0.39, 0.29) is 0 Å². The minimum absolute atomic E-state index is 0.402. The molecule has 4 nitrogen and oxygen atoms in total. The van der Waals surface area contributed by atoms with Gasteiger partial charge in [0.25, 0.3) is 11.8 Å². The zero-order valence-electron chi connectivity index (χ0n) is 15.2. The summed E-state index contributed by atoms with van der Waals surface area (Å²) in [6.45, 7) is 2.73. The molecule has 3 aromatic carbocycles. The van der Waals surface area contributed by atoms with Crippen molar-refractivity contribution in [2.75, 3.05) is 11.5 Å². The predicted molar refractivity (Wildman–Crippen MR) is 112 cm³/mol. The number of imide groups is 1. The van der Waals surface area contributed by atoms with Crippen LogP contribution in [0.3, 0.4) is 0 Å². The maximum atomic E-state index is 13.1. The molecule has 6 heteroatoms. The fourth-order valence-corrected chi connectivity index (χ4v) is 3.93. The monoisotopic (exact) mass is 413 g/mol. The van der Waals surface area contributed by atoms with Gasteiger partial charge in [0, 0.05) is 31.9 Å². The number of amides is 2. The molecule has 1 aliphatic heterocycles. The van der Waals surface area contributed by atoms with Gasteiger partial charge in [-0.1, -0.05) is 36.5 Å². The standard InChI is InChI=1S/C22H17Cl2NO3/c1-2-3-12-28-14-6-4-13(5-7-14)25-21(26)15-8-10-17(23)20-18(24)11-9-16(19(15)20)22(25)27/h4-11H,2-3,12H2,1H3. The molecule has 0 N–H and O–H groups in total. The van der Waals surface area contributed by atoms with Crippen LogP contribution in [0.4, 0.5) is 5.69 Å². The first kappa shape index (κ1) is 18.8. The van der Waals surface area contributed by atoms with E-state index < -0.39 is 11.8 Å². The van der Waals surface area contributed by atoms with Gasteiger partial charge in [0.05, 0.1) is 12.3 Å². The molecule has 0 bridgehead atoms. The van der Waals surface area contributed by atoms with Gasteiger partial charge in [-0.25, -0.2) is 4.90 Å². The molecular weight excluding hydrogens is 397 g/mol. The number of nitrogens with zero attached hydrogens (tertiary/aromatic N) is 1.